The second-order valence-electron chi connectivity index (χ2n) is 6.57. The zero-order valence-electron chi connectivity index (χ0n) is 12.3. The maximum Gasteiger partial charge on any atom is 0.317 e. The van der Waals surface area contributed by atoms with Crippen molar-refractivity contribution in [3.63, 3.8) is 0 Å². The quantitative estimate of drug-likeness (QED) is 0.807. The lowest BCUT2D eigenvalue weighted by molar-refractivity contribution is 0.161. The maximum atomic E-state index is 12.4. The van der Waals surface area contributed by atoms with Crippen molar-refractivity contribution < 1.29 is 17.9 Å². The van der Waals surface area contributed by atoms with Gasteiger partial charge in [-0.1, -0.05) is 0 Å². The van der Waals surface area contributed by atoms with E-state index in [4.69, 9.17) is 4.74 Å². The van der Waals surface area contributed by atoms with E-state index in [-0.39, 0.29) is 23.5 Å². The number of carbonyl (C=O) groups is 1. The monoisotopic (exact) mass is 316 g/mol. The minimum absolute atomic E-state index is 0.0336. The first-order valence-electron chi connectivity index (χ1n) is 7.86. The fourth-order valence-corrected chi connectivity index (χ4v) is 5.02. The summed E-state index contributed by atoms with van der Waals surface area (Å²) in [5, 5.41) is 2.94. The van der Waals surface area contributed by atoms with Crippen molar-refractivity contribution >= 4 is 15.9 Å². The molecule has 3 fully saturated rings. The topological polar surface area (TPSA) is 75.7 Å². The molecule has 0 aromatic heterocycles. The van der Waals surface area contributed by atoms with Gasteiger partial charge in [-0.2, -0.15) is 0 Å². The zero-order valence-corrected chi connectivity index (χ0v) is 13.1. The number of carbonyl (C=O) groups excluding carboxylic acids is 1. The van der Waals surface area contributed by atoms with Crippen molar-refractivity contribution in [1.29, 1.82) is 0 Å². The summed E-state index contributed by atoms with van der Waals surface area (Å²) < 4.78 is 28.2. The molecule has 2 saturated heterocycles. The van der Waals surface area contributed by atoms with Crippen LogP contribution in [-0.4, -0.2) is 63.2 Å². The third-order valence-electron chi connectivity index (χ3n) is 4.60. The van der Waals surface area contributed by atoms with E-state index in [2.05, 4.69) is 5.32 Å². The third-order valence-corrected chi connectivity index (χ3v) is 6.43. The molecule has 0 spiro atoms. The molecule has 1 aliphatic carbocycles. The van der Waals surface area contributed by atoms with E-state index in [1.165, 1.54) is 0 Å². The molecule has 7 heteroatoms. The molecule has 21 heavy (non-hydrogen) atoms. The van der Waals surface area contributed by atoms with Crippen LogP contribution in [0, 0.1) is 11.8 Å². The fourth-order valence-electron chi connectivity index (χ4n) is 3.16. The number of ether oxygens (including phenoxy) is 1. The molecule has 3 rings (SSSR count). The van der Waals surface area contributed by atoms with E-state index < -0.39 is 9.84 Å². The molecule has 2 unspecified atom stereocenters. The molecule has 0 aromatic carbocycles. The average Bonchev–Trinajstić information content (AvgIpc) is 3.03. The Bertz CT molecular complexity index is 483. The van der Waals surface area contributed by atoms with Gasteiger partial charge >= 0.3 is 6.03 Å². The van der Waals surface area contributed by atoms with Crippen LogP contribution in [0.25, 0.3) is 0 Å². The van der Waals surface area contributed by atoms with E-state index in [1.807, 2.05) is 4.90 Å². The lowest BCUT2D eigenvalue weighted by Crippen LogP contribution is -2.45. The standard InChI is InChI=1S/C14H24N2O4S/c17-14(15-7-11-4-6-21(18,19)10-11)16(13-1-2-13)8-12-3-5-20-9-12/h11-13H,1-10H2,(H,15,17). The van der Waals surface area contributed by atoms with Crippen molar-refractivity contribution in [2.45, 2.75) is 31.7 Å². The molecule has 2 aliphatic heterocycles. The van der Waals surface area contributed by atoms with E-state index in [1.54, 1.807) is 0 Å². The highest BCUT2D eigenvalue weighted by Gasteiger charge is 2.35. The van der Waals surface area contributed by atoms with Crippen molar-refractivity contribution in [3.8, 4) is 0 Å². The summed E-state index contributed by atoms with van der Waals surface area (Å²) in [5.74, 6) is 1.00. The molecular formula is C14H24N2O4S. The Balaban J connectivity index is 1.48. The number of amides is 2. The largest absolute Gasteiger partial charge is 0.381 e. The average molecular weight is 316 g/mol. The number of nitrogens with one attached hydrogen (secondary N) is 1. The molecule has 0 radical (unpaired) electrons. The van der Waals surface area contributed by atoms with Gasteiger partial charge in [0.25, 0.3) is 0 Å². The van der Waals surface area contributed by atoms with Gasteiger partial charge in [-0.05, 0) is 31.6 Å². The summed E-state index contributed by atoms with van der Waals surface area (Å²) in [4.78, 5) is 14.3. The van der Waals surface area contributed by atoms with Gasteiger partial charge in [0, 0.05) is 31.7 Å². The predicted molar refractivity (Wildman–Crippen MR) is 78.8 cm³/mol. The van der Waals surface area contributed by atoms with Crippen molar-refractivity contribution in [1.82, 2.24) is 10.2 Å². The number of hydrogen-bond acceptors (Lipinski definition) is 4. The summed E-state index contributed by atoms with van der Waals surface area (Å²) in [6.07, 6.45) is 3.86. The van der Waals surface area contributed by atoms with Gasteiger partial charge in [0.1, 0.15) is 0 Å². The number of urea groups is 1. The summed E-state index contributed by atoms with van der Waals surface area (Å²) in [6, 6.07) is 0.339. The van der Waals surface area contributed by atoms with E-state index >= 15 is 0 Å². The summed E-state index contributed by atoms with van der Waals surface area (Å²) in [5.41, 5.74) is 0. The Hall–Kier alpha value is -0.820. The maximum absolute atomic E-state index is 12.4. The zero-order chi connectivity index (χ0) is 14.9. The van der Waals surface area contributed by atoms with Gasteiger partial charge in [0.2, 0.25) is 0 Å². The van der Waals surface area contributed by atoms with Crippen LogP contribution in [0.5, 0.6) is 0 Å². The molecule has 0 bridgehead atoms. The number of sulfone groups is 1. The van der Waals surface area contributed by atoms with Gasteiger partial charge in [-0.3, -0.25) is 0 Å². The molecule has 0 aromatic rings. The van der Waals surface area contributed by atoms with Crippen LogP contribution >= 0.6 is 0 Å². The molecule has 1 N–H and O–H groups in total. The minimum atomic E-state index is -2.87. The molecule has 3 aliphatic rings. The molecule has 6 nitrogen and oxygen atoms in total. The second kappa shape index (κ2) is 6.12. The lowest BCUT2D eigenvalue weighted by atomic mass is 10.1. The van der Waals surface area contributed by atoms with Crippen LogP contribution in [0.3, 0.4) is 0 Å². The van der Waals surface area contributed by atoms with Gasteiger partial charge in [0.15, 0.2) is 9.84 Å². The predicted octanol–water partition coefficient (Wildman–Crippen LogP) is 0.632. The third kappa shape index (κ3) is 4.10. The number of hydrogen-bond donors (Lipinski definition) is 1. The molecule has 2 heterocycles. The summed E-state index contributed by atoms with van der Waals surface area (Å²) in [7, 11) is -2.87. The molecule has 1 saturated carbocycles. The lowest BCUT2D eigenvalue weighted by Gasteiger charge is -2.26. The second-order valence-corrected chi connectivity index (χ2v) is 8.80. The van der Waals surface area contributed by atoms with Crippen LogP contribution in [0.1, 0.15) is 25.7 Å². The van der Waals surface area contributed by atoms with Gasteiger partial charge < -0.3 is 15.0 Å². The highest BCUT2D eigenvalue weighted by molar-refractivity contribution is 7.91. The Morgan fingerprint density at radius 2 is 2.00 bits per heavy atom. The van der Waals surface area contributed by atoms with Gasteiger partial charge in [0.05, 0.1) is 18.1 Å². The number of rotatable bonds is 5. The summed E-state index contributed by atoms with van der Waals surface area (Å²) in [6.45, 7) is 2.78. The van der Waals surface area contributed by atoms with Gasteiger partial charge in [-0.25, -0.2) is 13.2 Å². The van der Waals surface area contributed by atoms with Crippen molar-refractivity contribution in [2.24, 2.45) is 11.8 Å². The first kappa shape index (κ1) is 15.1. The molecule has 120 valence electrons. The highest BCUT2D eigenvalue weighted by Crippen LogP contribution is 2.29. The first-order chi connectivity index (χ1) is 10.0. The van der Waals surface area contributed by atoms with E-state index in [0.29, 0.717) is 24.9 Å². The Morgan fingerprint density at radius 1 is 1.19 bits per heavy atom. The Morgan fingerprint density at radius 3 is 2.57 bits per heavy atom. The normalized spacial score (nSPS) is 31.2. The van der Waals surface area contributed by atoms with Crippen molar-refractivity contribution in [2.75, 3.05) is 37.8 Å². The van der Waals surface area contributed by atoms with Crippen LogP contribution in [0.2, 0.25) is 0 Å². The van der Waals surface area contributed by atoms with Crippen molar-refractivity contribution in [3.05, 3.63) is 0 Å². The Labute approximate surface area is 126 Å². The number of nitrogens with zero attached hydrogens (tertiary/aromatic N) is 1. The highest BCUT2D eigenvalue weighted by atomic mass is 32.2. The van der Waals surface area contributed by atoms with E-state index in [9.17, 15) is 13.2 Å². The van der Waals surface area contributed by atoms with Crippen LogP contribution in [0.15, 0.2) is 0 Å². The molecular weight excluding hydrogens is 292 g/mol. The van der Waals surface area contributed by atoms with Crippen LogP contribution in [0.4, 0.5) is 4.79 Å². The smallest absolute Gasteiger partial charge is 0.317 e. The molecule has 2 amide bonds. The minimum Gasteiger partial charge on any atom is -0.381 e. The fraction of sp³-hybridized carbons (Fsp3) is 0.929. The Kier molecular flexibility index (Phi) is 4.40. The van der Waals surface area contributed by atoms with E-state index in [0.717, 1.165) is 39.0 Å². The van der Waals surface area contributed by atoms with Crippen LogP contribution in [-0.2, 0) is 14.6 Å². The van der Waals surface area contributed by atoms with Gasteiger partial charge in [-0.15, -0.1) is 0 Å². The SMILES string of the molecule is O=C(NCC1CCS(=O)(=O)C1)N(CC1CCOC1)C1CC1. The molecule has 2 atom stereocenters. The first-order valence-corrected chi connectivity index (χ1v) is 9.68. The van der Waals surface area contributed by atoms with Crippen LogP contribution < -0.4 is 5.32 Å². The summed E-state index contributed by atoms with van der Waals surface area (Å²) >= 11 is 0.